The van der Waals surface area contributed by atoms with Crippen molar-refractivity contribution in [3.8, 4) is 0 Å². The predicted octanol–water partition coefficient (Wildman–Crippen LogP) is 14.8. The lowest BCUT2D eigenvalue weighted by molar-refractivity contribution is -0.136. The molecule has 3 nitrogen and oxygen atoms in total. The summed E-state index contributed by atoms with van der Waals surface area (Å²) in [7, 11) is 0. The molecule has 3 heterocycles. The van der Waals surface area contributed by atoms with E-state index < -0.39 is 40.4 Å². The van der Waals surface area contributed by atoms with Crippen LogP contribution in [0.3, 0.4) is 0 Å². The molecule has 276 valence electrons. The normalized spacial score (nSPS) is 13.7. The molecule has 0 bridgehead atoms. The van der Waals surface area contributed by atoms with Crippen LogP contribution in [0.2, 0.25) is 0 Å². The van der Waals surface area contributed by atoms with E-state index in [9.17, 15) is 0 Å². The molecule has 0 radical (unpaired) electrons. The van der Waals surface area contributed by atoms with Gasteiger partial charge in [0.05, 0.1) is 45.5 Å². The second kappa shape index (κ2) is 13.2. The zero-order valence-corrected chi connectivity index (χ0v) is 30.1. The Morgan fingerprint density at radius 2 is 0.509 bits per heavy atom. The van der Waals surface area contributed by atoms with Gasteiger partial charge in [0.1, 0.15) is 11.3 Å². The van der Waals surface area contributed by atoms with Gasteiger partial charge in [-0.1, -0.05) is 146 Å². The van der Waals surface area contributed by atoms with E-state index in [0.29, 0.717) is 67.5 Å². The summed E-state index contributed by atoms with van der Waals surface area (Å²) in [6, 6.07) is 41.8. The summed E-state index contributed by atoms with van der Waals surface area (Å²) in [5, 5.41) is 0. The van der Waals surface area contributed by atoms with Crippen molar-refractivity contribution in [2.75, 3.05) is 14.7 Å². The van der Waals surface area contributed by atoms with E-state index in [1.54, 1.807) is 146 Å². The van der Waals surface area contributed by atoms with Crippen LogP contribution in [0.25, 0.3) is 36.5 Å². The van der Waals surface area contributed by atoms with E-state index >= 15 is 22.0 Å². The smallest absolute Gasteiger partial charge is 0.306 e. The molecule has 8 heteroatoms. The van der Waals surface area contributed by atoms with Crippen molar-refractivity contribution in [2.24, 2.45) is 0 Å². The molecule has 0 aromatic heterocycles. The van der Waals surface area contributed by atoms with E-state index in [0.717, 1.165) is 0 Å². The predicted molar refractivity (Wildman–Crippen MR) is 222 cm³/mol. The van der Waals surface area contributed by atoms with Crippen LogP contribution >= 0.6 is 0 Å². The SMILES string of the molecule is Fc1c(N2c3ccccc3C=Cc3ccccc32)c(F)c(N2c3ccccc3C=Cc3ccccc32)c(C(F)(F)F)c1N1c2ccccc2C=Cc2ccccc21. The Morgan fingerprint density at radius 1 is 0.298 bits per heavy atom. The molecule has 7 aromatic carbocycles. The first-order valence-corrected chi connectivity index (χ1v) is 18.4. The Kier molecular flexibility index (Phi) is 7.97. The molecule has 0 aliphatic carbocycles. The van der Waals surface area contributed by atoms with E-state index in [4.69, 9.17) is 0 Å². The van der Waals surface area contributed by atoms with Crippen molar-refractivity contribution >= 4 is 87.6 Å². The van der Waals surface area contributed by atoms with Gasteiger partial charge in [-0.3, -0.25) is 0 Å². The van der Waals surface area contributed by atoms with Crippen molar-refractivity contribution in [1.82, 2.24) is 0 Å². The van der Waals surface area contributed by atoms with Gasteiger partial charge in [-0.15, -0.1) is 0 Å². The van der Waals surface area contributed by atoms with Gasteiger partial charge in [0.15, 0.2) is 11.6 Å². The van der Waals surface area contributed by atoms with Gasteiger partial charge >= 0.3 is 6.18 Å². The molecule has 57 heavy (non-hydrogen) atoms. The third-order valence-corrected chi connectivity index (χ3v) is 10.7. The average Bonchev–Trinajstić information content (AvgIpc) is 3.58. The molecule has 0 saturated heterocycles. The lowest BCUT2D eigenvalue weighted by atomic mass is 9.98. The number of nitrogens with zero attached hydrogens (tertiary/aromatic N) is 3. The topological polar surface area (TPSA) is 9.72 Å². The maximum atomic E-state index is 18.7. The highest BCUT2D eigenvalue weighted by molar-refractivity contribution is 6.02. The number of hydrogen-bond donors (Lipinski definition) is 0. The number of halogens is 5. The summed E-state index contributed by atoms with van der Waals surface area (Å²) in [5.41, 5.74) is 1.64. The lowest BCUT2D eigenvalue weighted by Gasteiger charge is -2.37. The van der Waals surface area contributed by atoms with Crippen LogP contribution < -0.4 is 14.7 Å². The van der Waals surface area contributed by atoms with E-state index in [1.807, 2.05) is 36.4 Å². The molecule has 0 spiro atoms. The fraction of sp³-hybridized carbons (Fsp3) is 0.0204. The molecule has 0 unspecified atom stereocenters. The largest absolute Gasteiger partial charge is 0.420 e. The van der Waals surface area contributed by atoms with Crippen molar-refractivity contribution in [3.63, 3.8) is 0 Å². The Bertz CT molecular complexity index is 2570. The molecule has 0 saturated carbocycles. The van der Waals surface area contributed by atoms with Gasteiger partial charge in [0.25, 0.3) is 0 Å². The molecule has 10 rings (SSSR count). The number of anilines is 9. The van der Waals surface area contributed by atoms with Gasteiger partial charge in [-0.2, -0.15) is 13.2 Å². The first-order valence-electron chi connectivity index (χ1n) is 18.4. The highest BCUT2D eigenvalue weighted by atomic mass is 19.4. The maximum absolute atomic E-state index is 18.7. The first kappa shape index (κ1) is 34.3. The van der Waals surface area contributed by atoms with E-state index in [-0.39, 0.29) is 0 Å². The zero-order valence-electron chi connectivity index (χ0n) is 30.1. The molecule has 3 aliphatic rings. The van der Waals surface area contributed by atoms with Gasteiger partial charge in [0.2, 0.25) is 0 Å². The van der Waals surface area contributed by atoms with E-state index in [1.165, 1.54) is 14.7 Å². The Morgan fingerprint density at radius 3 is 0.737 bits per heavy atom. The number of rotatable bonds is 3. The number of alkyl halides is 3. The molecule has 0 amide bonds. The number of para-hydroxylation sites is 6. The fourth-order valence-electron chi connectivity index (χ4n) is 8.18. The van der Waals surface area contributed by atoms with Crippen LogP contribution in [0.1, 0.15) is 38.9 Å². The molecular formula is C49H30F5N3. The van der Waals surface area contributed by atoms with Gasteiger partial charge in [-0.25, -0.2) is 8.78 Å². The molecule has 7 aromatic rings. The number of fused-ring (bicyclic) bond motifs is 6. The molecule has 3 aliphatic heterocycles. The van der Waals surface area contributed by atoms with Gasteiger partial charge < -0.3 is 14.7 Å². The second-order valence-corrected chi connectivity index (χ2v) is 13.9. The zero-order chi connectivity index (χ0) is 38.8. The van der Waals surface area contributed by atoms with Crippen LogP contribution in [0.15, 0.2) is 146 Å². The second-order valence-electron chi connectivity index (χ2n) is 13.9. The first-order chi connectivity index (χ1) is 27.8. The average molecular weight is 756 g/mol. The quantitative estimate of drug-likeness (QED) is 0.166. The van der Waals surface area contributed by atoms with Crippen molar-refractivity contribution in [3.05, 3.63) is 196 Å². The van der Waals surface area contributed by atoms with Crippen LogP contribution in [0.5, 0.6) is 0 Å². The molecule has 0 N–H and O–H groups in total. The lowest BCUT2D eigenvalue weighted by Crippen LogP contribution is -2.27. The van der Waals surface area contributed by atoms with Crippen LogP contribution in [0, 0.1) is 11.6 Å². The fourth-order valence-corrected chi connectivity index (χ4v) is 8.18. The Labute approximate surface area is 325 Å². The maximum Gasteiger partial charge on any atom is 0.420 e. The molecular weight excluding hydrogens is 726 g/mol. The van der Waals surface area contributed by atoms with Crippen LogP contribution in [-0.4, -0.2) is 0 Å². The number of hydrogen-bond acceptors (Lipinski definition) is 3. The van der Waals surface area contributed by atoms with Crippen molar-refractivity contribution in [2.45, 2.75) is 6.18 Å². The Balaban J connectivity index is 1.43. The highest BCUT2D eigenvalue weighted by Crippen LogP contribution is 2.59. The summed E-state index contributed by atoms with van der Waals surface area (Å²) in [6.45, 7) is 0. The van der Waals surface area contributed by atoms with Crippen LogP contribution in [0.4, 0.5) is 73.1 Å². The third kappa shape index (κ3) is 5.47. The highest BCUT2D eigenvalue weighted by Gasteiger charge is 2.47. The summed E-state index contributed by atoms with van der Waals surface area (Å²) < 4.78 is 87.0. The van der Waals surface area contributed by atoms with Crippen LogP contribution in [-0.2, 0) is 6.18 Å². The number of benzene rings is 7. The molecule has 0 fully saturated rings. The van der Waals surface area contributed by atoms with Gasteiger partial charge in [-0.05, 0) is 69.8 Å². The minimum atomic E-state index is -5.28. The third-order valence-electron chi connectivity index (χ3n) is 10.7. The summed E-state index contributed by atoms with van der Waals surface area (Å²) in [4.78, 5) is 4.03. The monoisotopic (exact) mass is 755 g/mol. The Hall–Kier alpha value is -7.19. The molecule has 0 atom stereocenters. The summed E-state index contributed by atoms with van der Waals surface area (Å²) >= 11 is 0. The standard InChI is InChI=1S/C49H30F5N3/c50-44-46(55-37-19-7-1-13-31(37)25-26-32-14-2-8-20-38(32)55)43(49(52,53)54)47(56-39-21-9-3-15-33(39)27-28-34-16-4-10-22-40(34)56)45(51)48(44)57-41-23-11-5-17-35(41)29-30-36-18-6-12-24-42(36)57/h1-30H. The summed E-state index contributed by atoms with van der Waals surface area (Å²) in [6.07, 6.45) is 5.59. The van der Waals surface area contributed by atoms with Crippen molar-refractivity contribution in [1.29, 1.82) is 0 Å². The van der Waals surface area contributed by atoms with Crippen molar-refractivity contribution < 1.29 is 22.0 Å². The minimum absolute atomic E-state index is 0.295. The minimum Gasteiger partial charge on any atom is -0.306 e. The van der Waals surface area contributed by atoms with Gasteiger partial charge in [0, 0.05) is 0 Å². The van der Waals surface area contributed by atoms with E-state index in [2.05, 4.69) is 0 Å². The summed E-state index contributed by atoms with van der Waals surface area (Å²) in [5.74, 6) is -2.76.